The van der Waals surface area contributed by atoms with Crippen molar-refractivity contribution in [3.63, 3.8) is 0 Å². The molecular formula is C10H11BrO5. The van der Waals surface area contributed by atoms with Crippen LogP contribution in [0, 0.1) is 0 Å². The van der Waals surface area contributed by atoms with Crippen molar-refractivity contribution in [2.24, 2.45) is 0 Å². The minimum Gasteiger partial charge on any atom is -0.504 e. The highest BCUT2D eigenvalue weighted by molar-refractivity contribution is 9.10. The molecule has 5 nitrogen and oxygen atoms in total. The maximum atomic E-state index is 11.2. The Kier molecular flexibility index (Phi) is 4.14. The number of aromatic hydroxyl groups is 2. The van der Waals surface area contributed by atoms with Gasteiger partial charge in [0.25, 0.3) is 0 Å². The number of rotatable bonds is 3. The van der Waals surface area contributed by atoms with E-state index in [9.17, 15) is 20.1 Å². The molecule has 1 atom stereocenters. The molecule has 6 heteroatoms. The lowest BCUT2D eigenvalue weighted by Crippen LogP contribution is -2.15. The molecule has 0 aromatic heterocycles. The molecule has 0 heterocycles. The summed E-state index contributed by atoms with van der Waals surface area (Å²) >= 11 is 3.07. The van der Waals surface area contributed by atoms with Gasteiger partial charge in [-0.15, -0.1) is 0 Å². The molecule has 0 saturated carbocycles. The predicted molar refractivity (Wildman–Crippen MR) is 59.1 cm³/mol. The van der Waals surface area contributed by atoms with Crippen LogP contribution in [0.4, 0.5) is 0 Å². The molecule has 0 aliphatic carbocycles. The number of hydrogen-bond acceptors (Lipinski definition) is 5. The smallest absolute Gasteiger partial charge is 0.339 e. The fourth-order valence-electron chi connectivity index (χ4n) is 1.16. The minimum absolute atomic E-state index is 0.106. The molecule has 0 fully saturated rings. The Bertz CT molecular complexity index is 404. The van der Waals surface area contributed by atoms with Gasteiger partial charge in [0.15, 0.2) is 17.6 Å². The highest BCUT2D eigenvalue weighted by atomic mass is 79.9. The molecule has 1 aromatic carbocycles. The van der Waals surface area contributed by atoms with Crippen molar-refractivity contribution in [2.75, 3.05) is 6.61 Å². The average molecular weight is 291 g/mol. The first-order chi connectivity index (χ1) is 7.47. The van der Waals surface area contributed by atoms with E-state index in [4.69, 9.17) is 0 Å². The van der Waals surface area contributed by atoms with Gasteiger partial charge in [0.1, 0.15) is 0 Å². The molecule has 88 valence electrons. The lowest BCUT2D eigenvalue weighted by Gasteiger charge is -2.12. The van der Waals surface area contributed by atoms with Crippen LogP contribution in [0.15, 0.2) is 16.6 Å². The molecule has 1 aromatic rings. The largest absolute Gasteiger partial charge is 0.504 e. The van der Waals surface area contributed by atoms with Crippen LogP contribution in [-0.4, -0.2) is 27.9 Å². The van der Waals surface area contributed by atoms with Crippen LogP contribution in [0.3, 0.4) is 0 Å². The van der Waals surface area contributed by atoms with E-state index in [-0.39, 0.29) is 12.2 Å². The number of hydrogen-bond donors (Lipinski definition) is 3. The molecule has 3 N–H and O–H groups in total. The van der Waals surface area contributed by atoms with E-state index in [0.717, 1.165) is 0 Å². The average Bonchev–Trinajstić information content (AvgIpc) is 2.22. The maximum absolute atomic E-state index is 11.2. The number of esters is 1. The van der Waals surface area contributed by atoms with Gasteiger partial charge in [-0.2, -0.15) is 0 Å². The van der Waals surface area contributed by atoms with Crippen molar-refractivity contribution in [3.8, 4) is 11.5 Å². The minimum atomic E-state index is -1.62. The van der Waals surface area contributed by atoms with Crippen molar-refractivity contribution in [3.05, 3.63) is 22.2 Å². The number of phenolic OH excluding ortho intramolecular Hbond substituents is 2. The summed E-state index contributed by atoms with van der Waals surface area (Å²) in [7, 11) is 0. The highest BCUT2D eigenvalue weighted by Crippen LogP contribution is 2.36. The number of aliphatic hydroxyl groups excluding tert-OH is 1. The number of phenols is 2. The predicted octanol–water partition coefficient (Wildman–Crippen LogP) is 1.46. The molecule has 0 bridgehead atoms. The lowest BCUT2D eigenvalue weighted by atomic mass is 10.1. The van der Waals surface area contributed by atoms with Crippen LogP contribution in [0.5, 0.6) is 11.5 Å². The third-order valence-electron chi connectivity index (χ3n) is 1.89. The highest BCUT2D eigenvalue weighted by Gasteiger charge is 2.24. The van der Waals surface area contributed by atoms with Gasteiger partial charge in [-0.25, -0.2) is 4.79 Å². The fraction of sp³-hybridized carbons (Fsp3) is 0.300. The van der Waals surface area contributed by atoms with Crippen LogP contribution in [-0.2, 0) is 9.53 Å². The first-order valence-corrected chi connectivity index (χ1v) is 5.32. The summed E-state index contributed by atoms with van der Waals surface area (Å²) in [5, 5.41) is 28.4. The van der Waals surface area contributed by atoms with E-state index in [0.29, 0.717) is 4.47 Å². The molecule has 0 radical (unpaired) electrons. The molecule has 0 saturated heterocycles. The summed E-state index contributed by atoms with van der Waals surface area (Å²) < 4.78 is 5.03. The zero-order valence-corrected chi connectivity index (χ0v) is 10.1. The van der Waals surface area contributed by atoms with Gasteiger partial charge in [0.05, 0.1) is 6.61 Å². The Morgan fingerprint density at radius 3 is 2.69 bits per heavy atom. The monoisotopic (exact) mass is 290 g/mol. The Balaban J connectivity index is 3.08. The molecule has 1 rings (SSSR count). The van der Waals surface area contributed by atoms with E-state index >= 15 is 0 Å². The molecule has 0 aliphatic heterocycles. The second-order valence-corrected chi connectivity index (χ2v) is 3.93. The normalized spacial score (nSPS) is 12.2. The molecular weight excluding hydrogens is 280 g/mol. The van der Waals surface area contributed by atoms with Crippen LogP contribution in [0.1, 0.15) is 18.6 Å². The van der Waals surface area contributed by atoms with Crippen molar-refractivity contribution < 1.29 is 24.9 Å². The van der Waals surface area contributed by atoms with E-state index in [2.05, 4.69) is 20.7 Å². The van der Waals surface area contributed by atoms with Crippen LogP contribution in [0.2, 0.25) is 0 Å². The van der Waals surface area contributed by atoms with E-state index in [1.54, 1.807) is 6.92 Å². The number of carbonyl (C=O) groups excluding carboxylic acids is 1. The van der Waals surface area contributed by atoms with Gasteiger partial charge in [-0.1, -0.05) is 15.9 Å². The first kappa shape index (κ1) is 12.8. The van der Waals surface area contributed by atoms with Crippen molar-refractivity contribution >= 4 is 21.9 Å². The SMILES string of the molecule is CCOC(=O)C(O)c1cc(Br)cc(O)c1O. The molecule has 1 unspecified atom stereocenters. The van der Waals surface area contributed by atoms with Gasteiger partial charge < -0.3 is 20.1 Å². The second-order valence-electron chi connectivity index (χ2n) is 3.02. The summed E-state index contributed by atoms with van der Waals surface area (Å²) in [5.41, 5.74) is -0.106. The van der Waals surface area contributed by atoms with E-state index in [1.165, 1.54) is 12.1 Å². The summed E-state index contributed by atoms with van der Waals surface area (Å²) in [4.78, 5) is 11.2. The fourth-order valence-corrected chi connectivity index (χ4v) is 1.63. The summed E-state index contributed by atoms with van der Waals surface area (Å²) in [6, 6.07) is 2.58. The van der Waals surface area contributed by atoms with Gasteiger partial charge >= 0.3 is 5.97 Å². The van der Waals surface area contributed by atoms with Gasteiger partial charge in [-0.3, -0.25) is 0 Å². The van der Waals surface area contributed by atoms with Crippen molar-refractivity contribution in [1.82, 2.24) is 0 Å². The molecule has 0 spiro atoms. The number of carbonyl (C=O) groups is 1. The maximum Gasteiger partial charge on any atom is 0.339 e. The Morgan fingerprint density at radius 2 is 2.12 bits per heavy atom. The summed E-state index contributed by atoms with van der Waals surface area (Å²) in [6.07, 6.45) is -1.62. The zero-order chi connectivity index (χ0) is 12.3. The second kappa shape index (κ2) is 5.18. The zero-order valence-electron chi connectivity index (χ0n) is 8.48. The molecule has 0 amide bonds. The third kappa shape index (κ3) is 2.65. The summed E-state index contributed by atoms with van der Waals surface area (Å²) in [6.45, 7) is 1.72. The topological polar surface area (TPSA) is 87.0 Å². The van der Waals surface area contributed by atoms with Gasteiger partial charge in [-0.05, 0) is 19.1 Å². The summed E-state index contributed by atoms with van der Waals surface area (Å²) in [5.74, 6) is -1.84. The quantitative estimate of drug-likeness (QED) is 0.579. The van der Waals surface area contributed by atoms with E-state index in [1.807, 2.05) is 0 Å². The van der Waals surface area contributed by atoms with Crippen molar-refractivity contribution in [1.29, 1.82) is 0 Å². The van der Waals surface area contributed by atoms with Crippen molar-refractivity contribution in [2.45, 2.75) is 13.0 Å². The van der Waals surface area contributed by atoms with Gasteiger partial charge in [0, 0.05) is 10.0 Å². The number of ether oxygens (including phenoxy) is 1. The van der Waals surface area contributed by atoms with Gasteiger partial charge in [0.2, 0.25) is 0 Å². The Hall–Kier alpha value is -1.27. The lowest BCUT2D eigenvalue weighted by molar-refractivity contribution is -0.153. The molecule has 16 heavy (non-hydrogen) atoms. The Labute approximate surface area is 100 Å². The third-order valence-corrected chi connectivity index (χ3v) is 2.35. The van der Waals surface area contributed by atoms with Crippen LogP contribution in [0.25, 0.3) is 0 Å². The molecule has 0 aliphatic rings. The standard InChI is InChI=1S/C10H11BrO5/c1-2-16-10(15)9(14)6-3-5(11)4-7(12)8(6)13/h3-4,9,12-14H,2H2,1H3. The number of benzene rings is 1. The number of halogens is 1. The van der Waals surface area contributed by atoms with Crippen LogP contribution < -0.4 is 0 Å². The number of aliphatic hydroxyl groups is 1. The Morgan fingerprint density at radius 1 is 1.50 bits per heavy atom. The van der Waals surface area contributed by atoms with Crippen LogP contribution >= 0.6 is 15.9 Å². The first-order valence-electron chi connectivity index (χ1n) is 4.53. The van der Waals surface area contributed by atoms with E-state index < -0.39 is 23.6 Å².